The standard InChI is InChI=1S/C17H31N3O3/c1-4-23-12-17(6-5-7-17)11-19-15(21)10-14-16(22)18-8-9-20(14)13(2)3/h13-14H,4-12H2,1-3H3,(H,18,22)(H,19,21)/t14-/m0/s1. The minimum Gasteiger partial charge on any atom is -0.381 e. The molecule has 23 heavy (non-hydrogen) atoms. The molecule has 2 N–H and O–H groups in total. The van der Waals surface area contributed by atoms with Crippen molar-refractivity contribution in [2.75, 3.05) is 32.8 Å². The molecule has 2 rings (SSSR count). The molecule has 1 aliphatic heterocycles. The number of hydrogen-bond donors (Lipinski definition) is 2. The number of nitrogens with one attached hydrogen (secondary N) is 2. The normalized spacial score (nSPS) is 24.2. The summed E-state index contributed by atoms with van der Waals surface area (Å²) in [6.07, 6.45) is 3.65. The van der Waals surface area contributed by atoms with Crippen LogP contribution in [-0.4, -0.2) is 61.6 Å². The van der Waals surface area contributed by atoms with E-state index < -0.39 is 0 Å². The highest BCUT2D eigenvalue weighted by atomic mass is 16.5. The summed E-state index contributed by atoms with van der Waals surface area (Å²) in [5, 5.41) is 5.90. The Hall–Kier alpha value is -1.14. The van der Waals surface area contributed by atoms with Crippen molar-refractivity contribution >= 4 is 11.8 Å². The number of piperazine rings is 1. The number of carbonyl (C=O) groups excluding carboxylic acids is 2. The van der Waals surface area contributed by atoms with Crippen molar-refractivity contribution in [3.8, 4) is 0 Å². The minimum atomic E-state index is -0.354. The molecule has 0 aromatic carbocycles. The van der Waals surface area contributed by atoms with Crippen molar-refractivity contribution in [1.82, 2.24) is 15.5 Å². The summed E-state index contributed by atoms with van der Waals surface area (Å²) in [6, 6.07) is -0.0947. The largest absolute Gasteiger partial charge is 0.381 e. The summed E-state index contributed by atoms with van der Waals surface area (Å²) >= 11 is 0. The predicted octanol–water partition coefficient (Wildman–Crippen LogP) is 0.908. The molecular weight excluding hydrogens is 294 g/mol. The monoisotopic (exact) mass is 325 g/mol. The number of nitrogens with zero attached hydrogens (tertiary/aromatic N) is 1. The van der Waals surface area contributed by atoms with Crippen LogP contribution >= 0.6 is 0 Å². The van der Waals surface area contributed by atoms with Gasteiger partial charge >= 0.3 is 0 Å². The highest BCUT2D eigenvalue weighted by Gasteiger charge is 2.38. The van der Waals surface area contributed by atoms with Crippen LogP contribution in [0.3, 0.4) is 0 Å². The van der Waals surface area contributed by atoms with Crippen LogP contribution in [0.4, 0.5) is 0 Å². The van der Waals surface area contributed by atoms with E-state index in [0.29, 0.717) is 26.3 Å². The van der Waals surface area contributed by atoms with Crippen molar-refractivity contribution in [2.45, 2.75) is 58.5 Å². The molecule has 1 saturated heterocycles. The highest BCUT2D eigenvalue weighted by Crippen LogP contribution is 2.40. The Morgan fingerprint density at radius 1 is 1.48 bits per heavy atom. The van der Waals surface area contributed by atoms with Gasteiger partial charge in [-0.25, -0.2) is 0 Å². The second-order valence-electron chi connectivity index (χ2n) is 7.11. The first-order valence-corrected chi connectivity index (χ1v) is 8.85. The van der Waals surface area contributed by atoms with Crippen LogP contribution < -0.4 is 10.6 Å². The van der Waals surface area contributed by atoms with Gasteiger partial charge < -0.3 is 15.4 Å². The summed E-state index contributed by atoms with van der Waals surface area (Å²) < 4.78 is 5.56. The SMILES string of the molecule is CCOCC1(CNC(=O)C[C@H]2C(=O)NCCN2C(C)C)CCC1. The number of hydrogen-bond acceptors (Lipinski definition) is 4. The topological polar surface area (TPSA) is 70.7 Å². The average molecular weight is 325 g/mol. The second kappa shape index (κ2) is 8.11. The van der Waals surface area contributed by atoms with Crippen molar-refractivity contribution in [3.05, 3.63) is 0 Å². The molecule has 2 fully saturated rings. The maximum absolute atomic E-state index is 12.3. The summed E-state index contributed by atoms with van der Waals surface area (Å²) in [4.78, 5) is 26.5. The quantitative estimate of drug-likeness (QED) is 0.696. The number of amides is 2. The van der Waals surface area contributed by atoms with E-state index in [2.05, 4.69) is 29.4 Å². The van der Waals surface area contributed by atoms with Gasteiger partial charge in [0.05, 0.1) is 19.1 Å². The lowest BCUT2D eigenvalue weighted by atomic mass is 9.69. The molecule has 1 atom stereocenters. The lowest BCUT2D eigenvalue weighted by molar-refractivity contribution is -0.135. The van der Waals surface area contributed by atoms with Gasteiger partial charge in [-0.2, -0.15) is 0 Å². The van der Waals surface area contributed by atoms with Gasteiger partial charge in [-0.1, -0.05) is 6.42 Å². The van der Waals surface area contributed by atoms with E-state index in [1.807, 2.05) is 6.92 Å². The number of rotatable bonds is 8. The van der Waals surface area contributed by atoms with Gasteiger partial charge in [-0.15, -0.1) is 0 Å². The average Bonchev–Trinajstić information content (AvgIpc) is 2.47. The number of ether oxygens (including phenoxy) is 1. The van der Waals surface area contributed by atoms with Crippen LogP contribution in [0.5, 0.6) is 0 Å². The minimum absolute atomic E-state index is 0.0345. The first kappa shape index (κ1) is 18.2. The van der Waals surface area contributed by atoms with Gasteiger partial charge in [-0.05, 0) is 33.6 Å². The fourth-order valence-corrected chi connectivity index (χ4v) is 3.46. The maximum Gasteiger partial charge on any atom is 0.237 e. The van der Waals surface area contributed by atoms with Gasteiger partial charge in [0.25, 0.3) is 0 Å². The molecule has 1 heterocycles. The van der Waals surface area contributed by atoms with E-state index in [1.165, 1.54) is 6.42 Å². The van der Waals surface area contributed by atoms with Crippen LogP contribution in [0.1, 0.15) is 46.5 Å². The Bertz CT molecular complexity index is 421. The Kier molecular flexibility index (Phi) is 6.41. The van der Waals surface area contributed by atoms with Gasteiger partial charge in [0.1, 0.15) is 0 Å². The summed E-state index contributed by atoms with van der Waals surface area (Å²) in [7, 11) is 0. The summed E-state index contributed by atoms with van der Waals surface area (Å²) in [6.45, 7) is 9.66. The molecule has 1 saturated carbocycles. The fourth-order valence-electron chi connectivity index (χ4n) is 3.46. The molecule has 0 radical (unpaired) electrons. The van der Waals surface area contributed by atoms with Crippen LogP contribution in [-0.2, 0) is 14.3 Å². The molecule has 0 aromatic rings. The van der Waals surface area contributed by atoms with Crippen molar-refractivity contribution in [1.29, 1.82) is 0 Å². The Labute approximate surface area is 139 Å². The Morgan fingerprint density at radius 3 is 2.78 bits per heavy atom. The van der Waals surface area contributed by atoms with Gasteiger partial charge in [-0.3, -0.25) is 14.5 Å². The highest BCUT2D eigenvalue weighted by molar-refractivity contribution is 5.88. The molecule has 1 aliphatic carbocycles. The first-order chi connectivity index (χ1) is 11.0. The van der Waals surface area contributed by atoms with E-state index in [4.69, 9.17) is 4.74 Å². The molecule has 132 valence electrons. The van der Waals surface area contributed by atoms with Crippen LogP contribution in [0.25, 0.3) is 0 Å². The molecule has 0 spiro atoms. The zero-order chi connectivity index (χ0) is 16.9. The zero-order valence-corrected chi connectivity index (χ0v) is 14.7. The third-order valence-electron chi connectivity index (χ3n) is 5.10. The summed E-state index contributed by atoms with van der Waals surface area (Å²) in [5.41, 5.74) is 0.109. The lowest BCUT2D eigenvalue weighted by Crippen LogP contribution is -2.58. The lowest BCUT2D eigenvalue weighted by Gasteiger charge is -2.42. The van der Waals surface area contributed by atoms with Crippen molar-refractivity contribution in [3.63, 3.8) is 0 Å². The Balaban J connectivity index is 1.84. The smallest absolute Gasteiger partial charge is 0.237 e. The maximum atomic E-state index is 12.3. The van der Waals surface area contributed by atoms with Crippen molar-refractivity contribution in [2.24, 2.45) is 5.41 Å². The molecule has 2 aliphatic rings. The van der Waals surface area contributed by atoms with Crippen LogP contribution in [0.2, 0.25) is 0 Å². The fraction of sp³-hybridized carbons (Fsp3) is 0.882. The molecular formula is C17H31N3O3. The molecule has 0 bridgehead atoms. The van der Waals surface area contributed by atoms with E-state index in [9.17, 15) is 9.59 Å². The number of carbonyl (C=O) groups is 2. The van der Waals surface area contributed by atoms with Gasteiger partial charge in [0, 0.05) is 37.7 Å². The molecule has 0 unspecified atom stereocenters. The van der Waals surface area contributed by atoms with Crippen LogP contribution in [0, 0.1) is 5.41 Å². The summed E-state index contributed by atoms with van der Waals surface area (Å²) in [5.74, 6) is -0.0757. The predicted molar refractivity (Wildman–Crippen MR) is 89.0 cm³/mol. The van der Waals surface area contributed by atoms with Crippen LogP contribution in [0.15, 0.2) is 0 Å². The molecule has 6 heteroatoms. The van der Waals surface area contributed by atoms with Crippen molar-refractivity contribution < 1.29 is 14.3 Å². The van der Waals surface area contributed by atoms with E-state index in [0.717, 1.165) is 19.4 Å². The first-order valence-electron chi connectivity index (χ1n) is 8.85. The zero-order valence-electron chi connectivity index (χ0n) is 14.7. The van der Waals surface area contributed by atoms with E-state index in [-0.39, 0.29) is 35.7 Å². The second-order valence-corrected chi connectivity index (χ2v) is 7.11. The Morgan fingerprint density at radius 2 is 2.22 bits per heavy atom. The molecule has 2 amide bonds. The van der Waals surface area contributed by atoms with E-state index >= 15 is 0 Å². The van der Waals surface area contributed by atoms with Gasteiger partial charge in [0.15, 0.2) is 0 Å². The third kappa shape index (κ3) is 4.67. The molecule has 0 aromatic heterocycles. The van der Waals surface area contributed by atoms with E-state index in [1.54, 1.807) is 0 Å². The van der Waals surface area contributed by atoms with Gasteiger partial charge in [0.2, 0.25) is 11.8 Å². The molecule has 6 nitrogen and oxygen atoms in total. The third-order valence-corrected chi connectivity index (χ3v) is 5.10.